The molecular formula is C13H13N4O3+. The fraction of sp³-hybridized carbons (Fsp3) is 0.0769. The molecule has 0 saturated heterocycles. The SMILES string of the molecule is COc1cc(/N=N/c2ccc([N+](=O)O)cc2)ccc1N. The standard InChI is InChI=1S/C13H13N4O3/c1-20-13-8-10(4-7-12(13)14)16-15-9-2-5-11(6-3-9)17(18)19/h2-8H,14H2,1H3,(H,18,19)/q+1/b16-15+. The topological polar surface area (TPSA) is 100 Å². The Morgan fingerprint density at radius 1 is 1.10 bits per heavy atom. The van der Waals surface area contributed by atoms with Crippen LogP contribution in [0.1, 0.15) is 0 Å². The summed E-state index contributed by atoms with van der Waals surface area (Å²) < 4.78 is 5.09. The zero-order valence-electron chi connectivity index (χ0n) is 10.7. The molecule has 0 aliphatic heterocycles. The first kappa shape index (κ1) is 13.5. The second-order valence-corrected chi connectivity index (χ2v) is 3.92. The number of ether oxygens (including phenoxy) is 1. The summed E-state index contributed by atoms with van der Waals surface area (Å²) in [6.07, 6.45) is 0. The van der Waals surface area contributed by atoms with Gasteiger partial charge in [0, 0.05) is 18.2 Å². The van der Waals surface area contributed by atoms with Crippen LogP contribution in [0.15, 0.2) is 52.7 Å². The summed E-state index contributed by atoms with van der Waals surface area (Å²) in [6, 6.07) is 11.1. The second-order valence-electron chi connectivity index (χ2n) is 3.92. The van der Waals surface area contributed by atoms with E-state index in [1.165, 1.54) is 19.2 Å². The quantitative estimate of drug-likeness (QED) is 0.505. The summed E-state index contributed by atoms with van der Waals surface area (Å²) in [5.41, 5.74) is 7.48. The van der Waals surface area contributed by atoms with Crippen molar-refractivity contribution in [1.82, 2.24) is 0 Å². The highest BCUT2D eigenvalue weighted by molar-refractivity contribution is 5.59. The first-order valence-electron chi connectivity index (χ1n) is 5.71. The van der Waals surface area contributed by atoms with Gasteiger partial charge in [0.1, 0.15) is 5.75 Å². The number of hydrogen-bond donors (Lipinski definition) is 2. The number of azo groups is 1. The van der Waals surface area contributed by atoms with E-state index in [0.29, 0.717) is 22.8 Å². The molecule has 7 nitrogen and oxygen atoms in total. The third-order valence-corrected chi connectivity index (χ3v) is 2.57. The van der Waals surface area contributed by atoms with Crippen molar-refractivity contribution in [2.75, 3.05) is 12.8 Å². The van der Waals surface area contributed by atoms with Crippen LogP contribution in [-0.4, -0.2) is 17.2 Å². The average Bonchev–Trinajstić information content (AvgIpc) is 2.46. The van der Waals surface area contributed by atoms with Gasteiger partial charge in [0.05, 0.1) is 29.1 Å². The maximum absolute atomic E-state index is 10.6. The molecule has 0 spiro atoms. The monoisotopic (exact) mass is 273 g/mol. The molecule has 0 unspecified atom stereocenters. The highest BCUT2D eigenvalue weighted by Crippen LogP contribution is 2.28. The number of methoxy groups -OCH3 is 1. The summed E-state index contributed by atoms with van der Waals surface area (Å²) in [6.45, 7) is 0. The molecule has 0 atom stereocenters. The molecule has 102 valence electrons. The molecular weight excluding hydrogens is 260 g/mol. The Kier molecular flexibility index (Phi) is 3.90. The molecule has 0 aliphatic rings. The van der Waals surface area contributed by atoms with Gasteiger partial charge in [0.2, 0.25) is 0 Å². The van der Waals surface area contributed by atoms with Crippen molar-refractivity contribution >= 4 is 22.7 Å². The number of nitrogens with zero attached hydrogens (tertiary/aromatic N) is 3. The Morgan fingerprint density at radius 2 is 1.70 bits per heavy atom. The highest BCUT2D eigenvalue weighted by atomic mass is 16.6. The zero-order valence-corrected chi connectivity index (χ0v) is 10.7. The van der Waals surface area contributed by atoms with Gasteiger partial charge in [-0.3, -0.25) is 0 Å². The van der Waals surface area contributed by atoms with Gasteiger partial charge < -0.3 is 10.5 Å². The van der Waals surface area contributed by atoms with Crippen LogP contribution in [0.2, 0.25) is 0 Å². The Morgan fingerprint density at radius 3 is 2.30 bits per heavy atom. The van der Waals surface area contributed by atoms with Crippen molar-refractivity contribution in [3.63, 3.8) is 0 Å². The molecule has 20 heavy (non-hydrogen) atoms. The molecule has 0 fully saturated rings. The van der Waals surface area contributed by atoms with E-state index in [2.05, 4.69) is 10.2 Å². The third kappa shape index (κ3) is 3.08. The van der Waals surface area contributed by atoms with Crippen LogP contribution >= 0.6 is 0 Å². The smallest absolute Gasteiger partial charge is 0.316 e. The van der Waals surface area contributed by atoms with Crippen LogP contribution in [0.25, 0.3) is 0 Å². The summed E-state index contributed by atoms with van der Waals surface area (Å²) in [4.78, 5) is 10.4. The van der Waals surface area contributed by atoms with Crippen molar-refractivity contribution in [3.8, 4) is 5.75 Å². The van der Waals surface area contributed by atoms with Crippen LogP contribution in [0, 0.1) is 4.91 Å². The molecule has 2 aromatic rings. The number of nitrogens with two attached hydrogens (primary N) is 1. The molecule has 0 aromatic heterocycles. The van der Waals surface area contributed by atoms with Crippen LogP contribution in [-0.2, 0) is 0 Å². The number of nitrogen functional groups attached to an aromatic ring is 1. The highest BCUT2D eigenvalue weighted by Gasteiger charge is 2.09. The van der Waals surface area contributed by atoms with Crippen LogP contribution in [0.5, 0.6) is 5.75 Å². The van der Waals surface area contributed by atoms with Gasteiger partial charge in [-0.1, -0.05) is 0 Å². The van der Waals surface area contributed by atoms with Gasteiger partial charge in [0.15, 0.2) is 0 Å². The lowest BCUT2D eigenvalue weighted by molar-refractivity contribution is -0.729. The van der Waals surface area contributed by atoms with E-state index in [1.807, 2.05) is 0 Å². The van der Waals surface area contributed by atoms with Crippen molar-refractivity contribution < 1.29 is 14.9 Å². The normalized spacial score (nSPS) is 10.7. The Labute approximate surface area is 114 Å². The maximum atomic E-state index is 10.6. The van der Waals surface area contributed by atoms with E-state index in [1.54, 1.807) is 30.3 Å². The van der Waals surface area contributed by atoms with E-state index in [4.69, 9.17) is 15.7 Å². The average molecular weight is 273 g/mol. The van der Waals surface area contributed by atoms with Gasteiger partial charge in [-0.2, -0.15) is 10.2 Å². The van der Waals surface area contributed by atoms with Gasteiger partial charge >= 0.3 is 5.69 Å². The fourth-order valence-corrected chi connectivity index (χ4v) is 1.52. The molecule has 2 aromatic carbocycles. The minimum atomic E-state index is -0.217. The fourth-order valence-electron chi connectivity index (χ4n) is 1.52. The third-order valence-electron chi connectivity index (χ3n) is 2.57. The van der Waals surface area contributed by atoms with E-state index in [9.17, 15) is 4.91 Å². The van der Waals surface area contributed by atoms with Crippen molar-refractivity contribution in [2.24, 2.45) is 10.2 Å². The lowest BCUT2D eigenvalue weighted by atomic mass is 10.2. The van der Waals surface area contributed by atoms with Crippen LogP contribution < -0.4 is 10.5 Å². The van der Waals surface area contributed by atoms with E-state index in [-0.39, 0.29) is 10.6 Å². The summed E-state index contributed by atoms with van der Waals surface area (Å²) >= 11 is 0. The van der Waals surface area contributed by atoms with Gasteiger partial charge in [-0.25, -0.2) is 5.21 Å². The number of anilines is 1. The summed E-state index contributed by atoms with van der Waals surface area (Å²) in [5, 5.41) is 16.7. The predicted molar refractivity (Wildman–Crippen MR) is 73.1 cm³/mol. The zero-order chi connectivity index (χ0) is 14.5. The van der Waals surface area contributed by atoms with Gasteiger partial charge in [0.25, 0.3) is 4.92 Å². The van der Waals surface area contributed by atoms with E-state index in [0.717, 1.165) is 0 Å². The van der Waals surface area contributed by atoms with E-state index < -0.39 is 0 Å². The molecule has 7 heteroatoms. The summed E-state index contributed by atoms with van der Waals surface area (Å²) in [7, 11) is 1.52. The molecule has 0 saturated carbocycles. The molecule has 3 N–H and O–H groups in total. The van der Waals surface area contributed by atoms with Gasteiger partial charge in [-0.15, -0.1) is 0 Å². The summed E-state index contributed by atoms with van der Waals surface area (Å²) in [5.74, 6) is 0.527. The number of benzene rings is 2. The molecule has 0 amide bonds. The largest absolute Gasteiger partial charge is 0.495 e. The second kappa shape index (κ2) is 5.79. The Hall–Kier alpha value is -2.96. The molecule has 0 heterocycles. The van der Waals surface area contributed by atoms with E-state index >= 15 is 0 Å². The van der Waals surface area contributed by atoms with Crippen molar-refractivity contribution in [1.29, 1.82) is 0 Å². The Balaban J connectivity index is 2.18. The Bertz CT molecular complexity index is 653. The first-order valence-corrected chi connectivity index (χ1v) is 5.71. The van der Waals surface area contributed by atoms with Crippen molar-refractivity contribution in [2.45, 2.75) is 0 Å². The number of rotatable bonds is 4. The lowest BCUT2D eigenvalue weighted by Gasteiger charge is -2.03. The molecule has 0 aliphatic carbocycles. The molecule has 2 rings (SSSR count). The van der Waals surface area contributed by atoms with Crippen molar-refractivity contribution in [3.05, 3.63) is 47.4 Å². The predicted octanol–water partition coefficient (Wildman–Crippen LogP) is 3.49. The minimum absolute atomic E-state index is 0.123. The van der Waals surface area contributed by atoms with Crippen LogP contribution in [0.4, 0.5) is 22.7 Å². The first-order chi connectivity index (χ1) is 9.60. The molecule has 0 bridgehead atoms. The van der Waals surface area contributed by atoms with Gasteiger partial charge in [-0.05, 0) is 24.3 Å². The lowest BCUT2D eigenvalue weighted by Crippen LogP contribution is -1.90. The van der Waals surface area contributed by atoms with Crippen LogP contribution in [0.3, 0.4) is 0 Å². The number of hydrogen-bond acceptors (Lipinski definition) is 5. The molecule has 0 radical (unpaired) electrons. The minimum Gasteiger partial charge on any atom is -0.495 e. The maximum Gasteiger partial charge on any atom is 0.316 e.